The predicted octanol–water partition coefficient (Wildman–Crippen LogP) is 3.06. The Morgan fingerprint density at radius 2 is 2.27 bits per heavy atom. The zero-order valence-electron chi connectivity index (χ0n) is 9.91. The molecule has 0 aliphatic carbocycles. The second-order valence-corrected chi connectivity index (χ2v) is 5.03. The molecule has 3 heteroatoms. The van der Waals surface area contributed by atoms with Crippen LogP contribution in [0.5, 0.6) is 0 Å². The third-order valence-corrected chi connectivity index (χ3v) is 3.77. The summed E-state index contributed by atoms with van der Waals surface area (Å²) in [4.78, 5) is 15.0. The van der Waals surface area contributed by atoms with E-state index in [1.165, 1.54) is 10.4 Å². The zero-order chi connectivity index (χ0) is 11.4. The molecular formula is C12H19NOS. The van der Waals surface area contributed by atoms with Gasteiger partial charge < -0.3 is 4.90 Å². The van der Waals surface area contributed by atoms with Crippen LogP contribution in [0, 0.1) is 12.8 Å². The number of aryl methyl sites for hydroxylation is 1. The molecule has 1 amide bonds. The average Bonchev–Trinajstić information content (AvgIpc) is 2.62. The van der Waals surface area contributed by atoms with Crippen molar-refractivity contribution in [1.29, 1.82) is 0 Å². The summed E-state index contributed by atoms with van der Waals surface area (Å²) in [5.74, 6) is 0.376. The maximum Gasteiger partial charge on any atom is 0.225 e. The van der Waals surface area contributed by atoms with Gasteiger partial charge in [-0.25, -0.2) is 0 Å². The van der Waals surface area contributed by atoms with Gasteiger partial charge in [0.1, 0.15) is 0 Å². The fourth-order valence-electron chi connectivity index (χ4n) is 1.41. The van der Waals surface area contributed by atoms with Crippen LogP contribution in [0.4, 0.5) is 0 Å². The molecule has 0 spiro atoms. The second kappa shape index (κ2) is 5.31. The molecule has 0 bridgehead atoms. The van der Waals surface area contributed by atoms with Crippen molar-refractivity contribution in [2.45, 2.75) is 33.7 Å². The Morgan fingerprint density at radius 1 is 1.60 bits per heavy atom. The van der Waals surface area contributed by atoms with Crippen molar-refractivity contribution in [2.75, 3.05) is 7.05 Å². The summed E-state index contributed by atoms with van der Waals surface area (Å²) in [6, 6.07) is 2.10. The van der Waals surface area contributed by atoms with Crippen molar-refractivity contribution < 1.29 is 4.79 Å². The molecular weight excluding hydrogens is 206 g/mol. The summed E-state index contributed by atoms with van der Waals surface area (Å²) in [5.41, 5.74) is 1.28. The molecule has 1 aromatic rings. The van der Waals surface area contributed by atoms with Crippen molar-refractivity contribution >= 4 is 17.2 Å². The van der Waals surface area contributed by atoms with Crippen molar-refractivity contribution in [2.24, 2.45) is 5.92 Å². The van der Waals surface area contributed by atoms with Crippen LogP contribution in [0.2, 0.25) is 0 Å². The summed E-state index contributed by atoms with van der Waals surface area (Å²) in [5, 5.41) is 2.08. The number of hydrogen-bond acceptors (Lipinski definition) is 2. The first-order chi connectivity index (χ1) is 7.06. The van der Waals surface area contributed by atoms with E-state index in [1.807, 2.05) is 25.8 Å². The number of hydrogen-bond donors (Lipinski definition) is 0. The molecule has 0 saturated carbocycles. The summed E-state index contributed by atoms with van der Waals surface area (Å²) in [6.45, 7) is 6.87. The van der Waals surface area contributed by atoms with E-state index in [9.17, 15) is 4.79 Å². The molecule has 1 rings (SSSR count). The monoisotopic (exact) mass is 225 g/mol. The first-order valence-electron chi connectivity index (χ1n) is 5.34. The molecule has 1 atom stereocenters. The zero-order valence-corrected chi connectivity index (χ0v) is 10.7. The first kappa shape index (κ1) is 12.2. The summed E-state index contributed by atoms with van der Waals surface area (Å²) in [6.07, 6.45) is 0.909. The fraction of sp³-hybridized carbons (Fsp3) is 0.583. The van der Waals surface area contributed by atoms with Crippen LogP contribution in [0.3, 0.4) is 0 Å². The lowest BCUT2D eigenvalue weighted by Gasteiger charge is -2.20. The van der Waals surface area contributed by atoms with Crippen LogP contribution in [0.1, 0.15) is 30.7 Å². The number of carbonyl (C=O) groups excluding carboxylic acids is 1. The normalized spacial score (nSPS) is 12.5. The van der Waals surface area contributed by atoms with Crippen LogP contribution in [0.15, 0.2) is 11.4 Å². The van der Waals surface area contributed by atoms with E-state index in [0.29, 0.717) is 0 Å². The highest BCUT2D eigenvalue weighted by molar-refractivity contribution is 7.10. The van der Waals surface area contributed by atoms with Gasteiger partial charge in [-0.1, -0.05) is 13.8 Å². The van der Waals surface area contributed by atoms with Crippen molar-refractivity contribution in [3.8, 4) is 0 Å². The molecule has 1 aromatic heterocycles. The van der Waals surface area contributed by atoms with Gasteiger partial charge in [-0.05, 0) is 30.4 Å². The van der Waals surface area contributed by atoms with Gasteiger partial charge in [0.15, 0.2) is 0 Å². The third-order valence-electron chi connectivity index (χ3n) is 2.76. The number of nitrogens with zero attached hydrogens (tertiary/aromatic N) is 1. The SMILES string of the molecule is CC[C@H](C)C(=O)N(C)Cc1sccc1C. The maximum atomic E-state index is 11.8. The van der Waals surface area contributed by atoms with Crippen molar-refractivity contribution in [3.63, 3.8) is 0 Å². The van der Waals surface area contributed by atoms with E-state index in [4.69, 9.17) is 0 Å². The molecule has 0 fully saturated rings. The molecule has 1 heterocycles. The molecule has 0 aromatic carbocycles. The Hall–Kier alpha value is -0.830. The number of rotatable bonds is 4. The largest absolute Gasteiger partial charge is 0.340 e. The summed E-state index contributed by atoms with van der Waals surface area (Å²) < 4.78 is 0. The topological polar surface area (TPSA) is 20.3 Å². The molecule has 0 aliphatic rings. The molecule has 2 nitrogen and oxygen atoms in total. The molecule has 0 saturated heterocycles. The third kappa shape index (κ3) is 3.06. The Kier molecular flexibility index (Phi) is 4.33. The highest BCUT2D eigenvalue weighted by atomic mass is 32.1. The van der Waals surface area contributed by atoms with Crippen LogP contribution >= 0.6 is 11.3 Å². The minimum absolute atomic E-state index is 0.135. The van der Waals surface area contributed by atoms with Gasteiger partial charge in [0.25, 0.3) is 0 Å². The predicted molar refractivity (Wildman–Crippen MR) is 65.0 cm³/mol. The Labute approximate surface area is 95.9 Å². The molecule has 0 radical (unpaired) electrons. The van der Waals surface area contributed by atoms with Gasteiger partial charge in [-0.3, -0.25) is 4.79 Å². The minimum atomic E-state index is 0.135. The molecule has 84 valence electrons. The molecule has 15 heavy (non-hydrogen) atoms. The number of amides is 1. The molecule has 0 N–H and O–H groups in total. The van der Waals surface area contributed by atoms with E-state index >= 15 is 0 Å². The summed E-state index contributed by atoms with van der Waals surface area (Å²) in [7, 11) is 1.88. The van der Waals surface area contributed by atoms with Crippen molar-refractivity contribution in [1.82, 2.24) is 4.90 Å². The van der Waals surface area contributed by atoms with Gasteiger partial charge >= 0.3 is 0 Å². The van der Waals surface area contributed by atoms with Gasteiger partial charge in [0.05, 0.1) is 6.54 Å². The standard InChI is InChI=1S/C12H19NOS/c1-5-9(2)12(14)13(4)8-11-10(3)6-7-15-11/h6-7,9H,5,8H2,1-4H3/t9-/m0/s1. The van der Waals surface area contributed by atoms with Gasteiger partial charge in [0, 0.05) is 17.8 Å². The van der Waals surface area contributed by atoms with Crippen LogP contribution in [0.25, 0.3) is 0 Å². The lowest BCUT2D eigenvalue weighted by Crippen LogP contribution is -2.30. The highest BCUT2D eigenvalue weighted by Gasteiger charge is 2.16. The Balaban J connectivity index is 2.60. The number of carbonyl (C=O) groups is 1. The Bertz CT molecular complexity index is 332. The van der Waals surface area contributed by atoms with Gasteiger partial charge in [0.2, 0.25) is 5.91 Å². The second-order valence-electron chi connectivity index (χ2n) is 4.03. The van der Waals surface area contributed by atoms with E-state index in [0.717, 1.165) is 13.0 Å². The van der Waals surface area contributed by atoms with E-state index in [-0.39, 0.29) is 11.8 Å². The summed E-state index contributed by atoms with van der Waals surface area (Å²) >= 11 is 1.72. The van der Waals surface area contributed by atoms with Crippen LogP contribution in [-0.2, 0) is 11.3 Å². The molecule has 0 unspecified atom stereocenters. The van der Waals surface area contributed by atoms with Crippen LogP contribution < -0.4 is 0 Å². The maximum absolute atomic E-state index is 11.8. The fourth-order valence-corrected chi connectivity index (χ4v) is 2.37. The smallest absolute Gasteiger partial charge is 0.225 e. The average molecular weight is 225 g/mol. The number of thiophene rings is 1. The van der Waals surface area contributed by atoms with E-state index < -0.39 is 0 Å². The lowest BCUT2D eigenvalue weighted by molar-refractivity contribution is -0.134. The van der Waals surface area contributed by atoms with E-state index in [2.05, 4.69) is 18.4 Å². The molecule has 0 aliphatic heterocycles. The van der Waals surface area contributed by atoms with Gasteiger partial charge in [-0.2, -0.15) is 0 Å². The van der Waals surface area contributed by atoms with E-state index in [1.54, 1.807) is 11.3 Å². The first-order valence-corrected chi connectivity index (χ1v) is 6.22. The van der Waals surface area contributed by atoms with Gasteiger partial charge in [-0.15, -0.1) is 11.3 Å². The quantitative estimate of drug-likeness (QED) is 0.771. The Morgan fingerprint density at radius 3 is 2.73 bits per heavy atom. The van der Waals surface area contributed by atoms with Crippen molar-refractivity contribution in [3.05, 3.63) is 21.9 Å². The highest BCUT2D eigenvalue weighted by Crippen LogP contribution is 2.18. The lowest BCUT2D eigenvalue weighted by atomic mass is 10.1. The van der Waals surface area contributed by atoms with Crippen LogP contribution in [-0.4, -0.2) is 17.9 Å². The minimum Gasteiger partial charge on any atom is -0.340 e.